The lowest BCUT2D eigenvalue weighted by atomic mass is 10.2. The van der Waals surface area contributed by atoms with E-state index in [4.69, 9.17) is 4.74 Å². The first kappa shape index (κ1) is 18.8. The zero-order valence-electron chi connectivity index (χ0n) is 14.5. The first-order valence-electron chi connectivity index (χ1n) is 7.96. The van der Waals surface area contributed by atoms with Crippen LogP contribution in [0.3, 0.4) is 0 Å². The number of amides is 4. The minimum absolute atomic E-state index is 0.241. The predicted molar refractivity (Wildman–Crippen MR) is 99.6 cm³/mol. The van der Waals surface area contributed by atoms with Crippen molar-refractivity contribution < 1.29 is 19.1 Å². The summed E-state index contributed by atoms with van der Waals surface area (Å²) in [6.07, 6.45) is 0. The van der Waals surface area contributed by atoms with Gasteiger partial charge in [0, 0.05) is 18.4 Å². The molecule has 0 heterocycles. The fourth-order valence-electron chi connectivity index (χ4n) is 2.13. The smallest absolute Gasteiger partial charge is 0.340 e. The van der Waals surface area contributed by atoms with Gasteiger partial charge in [-0.05, 0) is 37.3 Å². The molecule has 0 spiro atoms. The second-order valence-corrected chi connectivity index (χ2v) is 5.13. The van der Waals surface area contributed by atoms with Crippen LogP contribution in [0.1, 0.15) is 17.3 Å². The maximum atomic E-state index is 12.2. The molecule has 8 nitrogen and oxygen atoms in total. The van der Waals surface area contributed by atoms with Crippen LogP contribution in [0.15, 0.2) is 48.5 Å². The van der Waals surface area contributed by atoms with E-state index in [0.717, 1.165) is 0 Å². The van der Waals surface area contributed by atoms with Gasteiger partial charge >= 0.3 is 18.0 Å². The quantitative estimate of drug-likeness (QED) is 0.617. The van der Waals surface area contributed by atoms with Crippen LogP contribution in [0.5, 0.6) is 0 Å². The van der Waals surface area contributed by atoms with Crippen molar-refractivity contribution in [1.82, 2.24) is 5.32 Å². The van der Waals surface area contributed by atoms with Gasteiger partial charge in [-0.3, -0.25) is 0 Å². The topological polar surface area (TPSA) is 109 Å². The van der Waals surface area contributed by atoms with Gasteiger partial charge < -0.3 is 26.0 Å². The van der Waals surface area contributed by atoms with Crippen LogP contribution < -0.4 is 21.3 Å². The fraction of sp³-hybridized carbons (Fsp3) is 0.167. The minimum Gasteiger partial charge on any atom is -0.462 e. The normalized spacial score (nSPS) is 9.77. The number of carbonyl (C=O) groups is 3. The molecule has 136 valence electrons. The summed E-state index contributed by atoms with van der Waals surface area (Å²) in [6.45, 7) is 1.95. The molecule has 26 heavy (non-hydrogen) atoms. The van der Waals surface area contributed by atoms with Crippen LogP contribution in [-0.2, 0) is 4.74 Å². The van der Waals surface area contributed by atoms with E-state index in [2.05, 4.69) is 21.3 Å². The molecular weight excluding hydrogens is 336 g/mol. The highest BCUT2D eigenvalue weighted by atomic mass is 16.5. The Hall–Kier alpha value is -3.55. The van der Waals surface area contributed by atoms with E-state index in [1.54, 1.807) is 55.5 Å². The van der Waals surface area contributed by atoms with Crippen LogP contribution >= 0.6 is 0 Å². The Balaban J connectivity index is 2.07. The van der Waals surface area contributed by atoms with Gasteiger partial charge in [-0.25, -0.2) is 14.4 Å². The highest BCUT2D eigenvalue weighted by molar-refractivity contribution is 6.05. The number of hydrogen-bond acceptors (Lipinski definition) is 4. The second kappa shape index (κ2) is 9.07. The predicted octanol–water partition coefficient (Wildman–Crippen LogP) is 3.26. The van der Waals surface area contributed by atoms with Gasteiger partial charge in [-0.15, -0.1) is 0 Å². The molecule has 0 saturated carbocycles. The van der Waals surface area contributed by atoms with Gasteiger partial charge in [0.2, 0.25) is 0 Å². The summed E-state index contributed by atoms with van der Waals surface area (Å²) in [5.74, 6) is -0.514. The number of para-hydroxylation sites is 1. The molecule has 0 fully saturated rings. The van der Waals surface area contributed by atoms with E-state index in [1.165, 1.54) is 7.05 Å². The molecule has 8 heteroatoms. The molecule has 0 saturated heterocycles. The zero-order valence-corrected chi connectivity index (χ0v) is 14.5. The number of nitrogens with one attached hydrogen (secondary N) is 4. The molecule has 0 bridgehead atoms. The number of urea groups is 2. The number of esters is 1. The molecule has 0 aromatic heterocycles. The van der Waals surface area contributed by atoms with Crippen molar-refractivity contribution >= 4 is 35.1 Å². The Morgan fingerprint density at radius 3 is 2.19 bits per heavy atom. The molecule has 0 radical (unpaired) electrons. The largest absolute Gasteiger partial charge is 0.462 e. The average Bonchev–Trinajstić information content (AvgIpc) is 2.62. The summed E-state index contributed by atoms with van der Waals surface area (Å²) in [4.78, 5) is 35.5. The molecule has 2 rings (SSSR count). The SMILES string of the molecule is CCOC(=O)c1ccccc1NC(=O)Nc1cccc(NC(=O)NC)c1. The summed E-state index contributed by atoms with van der Waals surface area (Å²) in [5.41, 5.74) is 1.60. The number of carbonyl (C=O) groups excluding carboxylic acids is 3. The summed E-state index contributed by atoms with van der Waals surface area (Å²) in [7, 11) is 1.51. The van der Waals surface area contributed by atoms with E-state index < -0.39 is 12.0 Å². The van der Waals surface area contributed by atoms with Gasteiger partial charge in [0.25, 0.3) is 0 Å². The Labute approximate surface area is 150 Å². The Morgan fingerprint density at radius 1 is 0.885 bits per heavy atom. The lowest BCUT2D eigenvalue weighted by Crippen LogP contribution is -2.24. The van der Waals surface area contributed by atoms with Crippen LogP contribution in [0.2, 0.25) is 0 Å². The molecular formula is C18H20N4O4. The standard InChI is InChI=1S/C18H20N4O4/c1-3-26-16(23)14-9-4-5-10-15(14)22-18(25)21-13-8-6-7-12(11-13)20-17(24)19-2/h4-11H,3H2,1-2H3,(H2,19,20,24)(H2,21,22,25). The molecule has 0 aliphatic carbocycles. The Kier molecular flexibility index (Phi) is 6.55. The molecule has 4 amide bonds. The van der Waals surface area contributed by atoms with E-state index in [-0.39, 0.29) is 18.2 Å². The highest BCUT2D eigenvalue weighted by Gasteiger charge is 2.14. The van der Waals surface area contributed by atoms with Crippen molar-refractivity contribution in [2.45, 2.75) is 6.92 Å². The third-order valence-electron chi connectivity index (χ3n) is 3.28. The van der Waals surface area contributed by atoms with Crippen LogP contribution in [0, 0.1) is 0 Å². The second-order valence-electron chi connectivity index (χ2n) is 5.13. The average molecular weight is 356 g/mol. The summed E-state index contributed by atoms with van der Waals surface area (Å²) < 4.78 is 4.97. The zero-order chi connectivity index (χ0) is 18.9. The summed E-state index contributed by atoms with van der Waals surface area (Å²) in [5, 5.41) is 10.3. The van der Waals surface area contributed by atoms with E-state index in [0.29, 0.717) is 17.1 Å². The first-order chi connectivity index (χ1) is 12.5. The Morgan fingerprint density at radius 2 is 1.54 bits per heavy atom. The van der Waals surface area contributed by atoms with E-state index in [9.17, 15) is 14.4 Å². The van der Waals surface area contributed by atoms with Crippen molar-refractivity contribution in [3.63, 3.8) is 0 Å². The first-order valence-corrected chi connectivity index (χ1v) is 7.96. The highest BCUT2D eigenvalue weighted by Crippen LogP contribution is 2.18. The molecule has 0 atom stereocenters. The molecule has 0 unspecified atom stereocenters. The van der Waals surface area contributed by atoms with Crippen molar-refractivity contribution in [2.24, 2.45) is 0 Å². The van der Waals surface area contributed by atoms with Crippen molar-refractivity contribution in [3.05, 3.63) is 54.1 Å². The monoisotopic (exact) mass is 356 g/mol. The lowest BCUT2D eigenvalue weighted by Gasteiger charge is -2.12. The number of hydrogen-bond donors (Lipinski definition) is 4. The number of anilines is 3. The third kappa shape index (κ3) is 5.23. The van der Waals surface area contributed by atoms with E-state index in [1.807, 2.05) is 0 Å². The fourth-order valence-corrected chi connectivity index (χ4v) is 2.13. The number of rotatable bonds is 5. The molecule has 2 aromatic carbocycles. The lowest BCUT2D eigenvalue weighted by molar-refractivity contribution is 0.0527. The maximum Gasteiger partial charge on any atom is 0.340 e. The minimum atomic E-state index is -0.529. The van der Waals surface area contributed by atoms with Crippen molar-refractivity contribution in [1.29, 1.82) is 0 Å². The molecule has 0 aliphatic rings. The number of ether oxygens (including phenoxy) is 1. The van der Waals surface area contributed by atoms with Crippen LogP contribution in [0.4, 0.5) is 26.7 Å². The van der Waals surface area contributed by atoms with Gasteiger partial charge in [0.15, 0.2) is 0 Å². The molecule has 0 aliphatic heterocycles. The molecule has 2 aromatic rings. The summed E-state index contributed by atoms with van der Waals surface area (Å²) in [6, 6.07) is 12.3. The van der Waals surface area contributed by atoms with E-state index >= 15 is 0 Å². The van der Waals surface area contributed by atoms with Crippen molar-refractivity contribution in [2.75, 3.05) is 29.6 Å². The van der Waals surface area contributed by atoms with Gasteiger partial charge in [-0.2, -0.15) is 0 Å². The van der Waals surface area contributed by atoms with Crippen LogP contribution in [0.25, 0.3) is 0 Å². The van der Waals surface area contributed by atoms with Gasteiger partial charge in [0.05, 0.1) is 17.9 Å². The Bertz CT molecular complexity index is 807. The molecule has 4 N–H and O–H groups in total. The van der Waals surface area contributed by atoms with Crippen molar-refractivity contribution in [3.8, 4) is 0 Å². The van der Waals surface area contributed by atoms with Crippen LogP contribution in [-0.4, -0.2) is 31.7 Å². The maximum absolute atomic E-state index is 12.2. The van der Waals surface area contributed by atoms with Gasteiger partial charge in [-0.1, -0.05) is 18.2 Å². The number of benzene rings is 2. The van der Waals surface area contributed by atoms with Gasteiger partial charge in [0.1, 0.15) is 0 Å². The summed E-state index contributed by atoms with van der Waals surface area (Å²) >= 11 is 0. The third-order valence-corrected chi connectivity index (χ3v) is 3.28.